The highest BCUT2D eigenvalue weighted by Crippen LogP contribution is 2.21. The molecule has 0 saturated heterocycles. The van der Waals surface area contributed by atoms with Gasteiger partial charge in [0.25, 0.3) is 0 Å². The second kappa shape index (κ2) is 6.28. The van der Waals surface area contributed by atoms with E-state index in [-0.39, 0.29) is 6.42 Å². The number of hydrogen-bond donors (Lipinski definition) is 1. The molecule has 4 rings (SSSR count). The first-order chi connectivity index (χ1) is 12.2. The third kappa shape index (κ3) is 3.04. The standard InChI is InChI=1S/C20H16N2O3/c23-20(24)11-15-12-22(19-8-4-2-6-17(15)19)25-13-16-10-9-14-5-1-3-7-18(14)21-16/h1-10,12H,11,13H2,(H,23,24). The van der Waals surface area contributed by atoms with E-state index >= 15 is 0 Å². The van der Waals surface area contributed by atoms with Gasteiger partial charge in [0.15, 0.2) is 6.61 Å². The number of fused-ring (bicyclic) bond motifs is 2. The maximum atomic E-state index is 11.1. The Morgan fingerprint density at radius 2 is 1.84 bits per heavy atom. The van der Waals surface area contributed by atoms with Crippen molar-refractivity contribution >= 4 is 27.8 Å². The molecule has 0 aliphatic heterocycles. The highest BCUT2D eigenvalue weighted by Gasteiger charge is 2.12. The number of rotatable bonds is 5. The van der Waals surface area contributed by atoms with Crippen LogP contribution in [0.25, 0.3) is 21.8 Å². The summed E-state index contributed by atoms with van der Waals surface area (Å²) in [5.74, 6) is -0.862. The van der Waals surface area contributed by atoms with Crippen LogP contribution in [0.4, 0.5) is 0 Å². The summed E-state index contributed by atoms with van der Waals surface area (Å²) < 4.78 is 1.63. The summed E-state index contributed by atoms with van der Waals surface area (Å²) in [4.78, 5) is 21.5. The van der Waals surface area contributed by atoms with Gasteiger partial charge in [-0.3, -0.25) is 4.79 Å². The molecule has 1 N–H and O–H groups in total. The van der Waals surface area contributed by atoms with Gasteiger partial charge in [-0.05, 0) is 23.8 Å². The van der Waals surface area contributed by atoms with E-state index in [4.69, 9.17) is 9.94 Å². The number of hydrogen-bond acceptors (Lipinski definition) is 3. The van der Waals surface area contributed by atoms with Crippen LogP contribution >= 0.6 is 0 Å². The minimum absolute atomic E-state index is 0.0366. The third-order valence-electron chi connectivity index (χ3n) is 4.11. The van der Waals surface area contributed by atoms with E-state index in [1.165, 1.54) is 0 Å². The van der Waals surface area contributed by atoms with Crippen LogP contribution in [-0.4, -0.2) is 20.8 Å². The SMILES string of the molecule is O=C(O)Cc1cn(OCc2ccc3ccccc3n2)c2ccccc12. The van der Waals surface area contributed by atoms with Gasteiger partial charge < -0.3 is 9.94 Å². The molecule has 0 spiro atoms. The first-order valence-corrected chi connectivity index (χ1v) is 7.99. The number of carboxylic acid groups (broad SMARTS) is 1. The van der Waals surface area contributed by atoms with Crippen molar-refractivity contribution in [2.45, 2.75) is 13.0 Å². The van der Waals surface area contributed by atoms with Gasteiger partial charge in [-0.25, -0.2) is 4.98 Å². The first kappa shape index (κ1) is 15.2. The number of pyridine rings is 1. The number of nitrogens with zero attached hydrogens (tertiary/aromatic N) is 2. The zero-order valence-corrected chi connectivity index (χ0v) is 13.4. The molecule has 0 radical (unpaired) electrons. The Bertz CT molecular complexity index is 1070. The molecule has 5 heteroatoms. The molecular formula is C20H16N2O3. The van der Waals surface area contributed by atoms with Gasteiger partial charge >= 0.3 is 5.97 Å². The zero-order chi connectivity index (χ0) is 17.2. The molecule has 0 aliphatic carbocycles. The van der Waals surface area contributed by atoms with Crippen LogP contribution in [-0.2, 0) is 17.8 Å². The predicted octanol–water partition coefficient (Wildman–Crippen LogP) is 3.45. The lowest BCUT2D eigenvalue weighted by atomic mass is 10.1. The average Bonchev–Trinajstić information content (AvgIpc) is 2.97. The first-order valence-electron chi connectivity index (χ1n) is 7.99. The molecule has 0 atom stereocenters. The lowest BCUT2D eigenvalue weighted by Gasteiger charge is -2.08. The average molecular weight is 332 g/mol. The second-order valence-corrected chi connectivity index (χ2v) is 5.84. The van der Waals surface area contributed by atoms with Crippen molar-refractivity contribution in [1.29, 1.82) is 0 Å². The predicted molar refractivity (Wildman–Crippen MR) is 95.3 cm³/mol. The number of para-hydroxylation sites is 2. The fourth-order valence-corrected chi connectivity index (χ4v) is 2.95. The largest absolute Gasteiger partial charge is 0.481 e. The monoisotopic (exact) mass is 332 g/mol. The Balaban J connectivity index is 1.62. The van der Waals surface area contributed by atoms with Gasteiger partial charge in [-0.15, -0.1) is 0 Å². The molecule has 0 fully saturated rings. The van der Waals surface area contributed by atoms with Crippen LogP contribution in [0.2, 0.25) is 0 Å². The second-order valence-electron chi connectivity index (χ2n) is 5.84. The fourth-order valence-electron chi connectivity index (χ4n) is 2.95. The van der Waals surface area contributed by atoms with Crippen molar-refractivity contribution in [2.75, 3.05) is 0 Å². The van der Waals surface area contributed by atoms with Crippen molar-refractivity contribution < 1.29 is 14.7 Å². The fraction of sp³-hybridized carbons (Fsp3) is 0.100. The molecule has 2 heterocycles. The minimum Gasteiger partial charge on any atom is -0.481 e. The van der Waals surface area contributed by atoms with Gasteiger partial charge in [-0.1, -0.05) is 42.5 Å². The third-order valence-corrected chi connectivity index (χ3v) is 4.11. The maximum Gasteiger partial charge on any atom is 0.307 e. The normalized spacial score (nSPS) is 11.0. The van der Waals surface area contributed by atoms with Crippen LogP contribution in [0.15, 0.2) is 66.9 Å². The quantitative estimate of drug-likeness (QED) is 0.608. The number of aliphatic carboxylic acids is 1. The van der Waals surface area contributed by atoms with Crippen LogP contribution in [0.5, 0.6) is 0 Å². The van der Waals surface area contributed by atoms with Crippen molar-refractivity contribution in [3.63, 3.8) is 0 Å². The molecule has 0 amide bonds. The van der Waals surface area contributed by atoms with E-state index in [1.807, 2.05) is 60.7 Å². The molecule has 0 saturated carbocycles. The smallest absolute Gasteiger partial charge is 0.307 e. The Morgan fingerprint density at radius 3 is 2.72 bits per heavy atom. The van der Waals surface area contributed by atoms with Crippen LogP contribution in [0.1, 0.15) is 11.3 Å². The molecule has 0 aliphatic rings. The van der Waals surface area contributed by atoms with Crippen molar-refractivity contribution in [1.82, 2.24) is 9.71 Å². The molecule has 2 aromatic heterocycles. The van der Waals surface area contributed by atoms with Gasteiger partial charge in [0.1, 0.15) is 0 Å². The summed E-state index contributed by atoms with van der Waals surface area (Å²) in [6.07, 6.45) is 1.70. The van der Waals surface area contributed by atoms with E-state index < -0.39 is 5.97 Å². The van der Waals surface area contributed by atoms with Crippen LogP contribution < -0.4 is 4.84 Å². The molecule has 124 valence electrons. The van der Waals surface area contributed by atoms with Crippen molar-refractivity contribution in [2.24, 2.45) is 0 Å². The molecular weight excluding hydrogens is 316 g/mol. The van der Waals surface area contributed by atoms with Crippen molar-refractivity contribution in [3.8, 4) is 0 Å². The molecule has 5 nitrogen and oxygen atoms in total. The highest BCUT2D eigenvalue weighted by atomic mass is 16.7. The summed E-state index contributed by atoms with van der Waals surface area (Å²) in [5, 5.41) is 11.1. The Labute approximate surface area is 144 Å². The zero-order valence-electron chi connectivity index (χ0n) is 13.4. The highest BCUT2D eigenvalue weighted by molar-refractivity contribution is 5.87. The molecule has 4 aromatic rings. The summed E-state index contributed by atoms with van der Waals surface area (Å²) in [6.45, 7) is 0.302. The Kier molecular flexibility index (Phi) is 3.82. The van der Waals surface area contributed by atoms with Gasteiger partial charge in [0, 0.05) is 17.0 Å². The Hall–Kier alpha value is -3.34. The van der Waals surface area contributed by atoms with Gasteiger partial charge in [0.2, 0.25) is 0 Å². The van der Waals surface area contributed by atoms with Crippen molar-refractivity contribution in [3.05, 3.63) is 78.1 Å². The van der Waals surface area contributed by atoms with E-state index in [2.05, 4.69) is 4.98 Å². The topological polar surface area (TPSA) is 64.3 Å². The maximum absolute atomic E-state index is 11.1. The summed E-state index contributed by atoms with van der Waals surface area (Å²) in [7, 11) is 0. The van der Waals surface area contributed by atoms with Gasteiger partial charge in [-0.2, -0.15) is 4.73 Å². The number of aromatic nitrogens is 2. The lowest BCUT2D eigenvalue weighted by Crippen LogP contribution is -2.11. The Morgan fingerprint density at radius 1 is 1.04 bits per heavy atom. The molecule has 2 aromatic carbocycles. The summed E-state index contributed by atoms with van der Waals surface area (Å²) in [5.41, 5.74) is 3.32. The molecule has 0 bridgehead atoms. The van der Waals surface area contributed by atoms with Crippen LogP contribution in [0.3, 0.4) is 0 Å². The summed E-state index contributed by atoms with van der Waals surface area (Å²) in [6, 6.07) is 19.5. The van der Waals surface area contributed by atoms with E-state index in [0.29, 0.717) is 6.61 Å². The van der Waals surface area contributed by atoms with E-state index in [1.54, 1.807) is 10.9 Å². The summed E-state index contributed by atoms with van der Waals surface area (Å²) >= 11 is 0. The van der Waals surface area contributed by atoms with E-state index in [0.717, 1.165) is 33.1 Å². The van der Waals surface area contributed by atoms with Gasteiger partial charge in [0.05, 0.1) is 23.1 Å². The number of benzene rings is 2. The van der Waals surface area contributed by atoms with E-state index in [9.17, 15) is 4.79 Å². The number of carbonyl (C=O) groups is 1. The lowest BCUT2D eigenvalue weighted by molar-refractivity contribution is -0.136. The molecule has 0 unspecified atom stereocenters. The number of carboxylic acids is 1. The van der Waals surface area contributed by atoms with Crippen LogP contribution in [0, 0.1) is 0 Å². The minimum atomic E-state index is -0.862. The molecule has 25 heavy (non-hydrogen) atoms.